The van der Waals surface area contributed by atoms with Gasteiger partial charge in [-0.05, 0) is 78.6 Å². The molecule has 0 unspecified atom stereocenters. The maximum atomic E-state index is 12.8. The SMILES string of the molecule is O=C(Cc1ccc(Nc2ccc(CC(=O)c3ccn[nH]3)cc2)cc1)c1ccc(N2CCC(O)CC2)cc1. The van der Waals surface area contributed by atoms with Crippen molar-refractivity contribution in [1.82, 2.24) is 10.2 Å². The maximum Gasteiger partial charge on any atom is 0.184 e. The lowest BCUT2D eigenvalue weighted by atomic mass is 10.0. The molecule has 3 aromatic carbocycles. The summed E-state index contributed by atoms with van der Waals surface area (Å²) < 4.78 is 0. The molecule has 1 saturated heterocycles. The number of ketones is 2. The van der Waals surface area contributed by atoms with Crippen molar-refractivity contribution in [3.05, 3.63) is 107 Å². The highest BCUT2D eigenvalue weighted by molar-refractivity contribution is 5.98. The highest BCUT2D eigenvalue weighted by Gasteiger charge is 2.17. The Labute approximate surface area is 216 Å². The van der Waals surface area contributed by atoms with E-state index < -0.39 is 0 Å². The standard InChI is InChI=1S/C30H30N4O3/c35-27-14-17-34(18-15-27)26-11-5-23(6-12-26)29(36)19-21-1-7-24(8-2-21)32-25-9-3-22(4-10-25)20-30(37)28-13-16-31-33-28/h1-13,16,27,32,35H,14-15,17-20H2,(H,31,33). The molecule has 4 aromatic rings. The van der Waals surface area contributed by atoms with Crippen LogP contribution in [-0.4, -0.2) is 46.1 Å². The molecule has 37 heavy (non-hydrogen) atoms. The number of hydrogen-bond acceptors (Lipinski definition) is 6. The van der Waals surface area contributed by atoms with Gasteiger partial charge in [0, 0.05) is 54.8 Å². The first kappa shape index (κ1) is 24.5. The molecule has 3 N–H and O–H groups in total. The number of Topliss-reactive ketones (excluding diaryl/α,β-unsaturated/α-hetero) is 2. The molecule has 1 aliphatic heterocycles. The van der Waals surface area contributed by atoms with E-state index in [2.05, 4.69) is 20.4 Å². The third kappa shape index (κ3) is 6.32. The molecular formula is C30H30N4O3. The smallest absolute Gasteiger partial charge is 0.184 e. The van der Waals surface area contributed by atoms with Gasteiger partial charge in [0.05, 0.1) is 6.10 Å². The fourth-order valence-electron chi connectivity index (χ4n) is 4.54. The molecular weight excluding hydrogens is 464 g/mol. The zero-order chi connectivity index (χ0) is 25.6. The molecule has 5 rings (SSSR count). The fourth-order valence-corrected chi connectivity index (χ4v) is 4.54. The van der Waals surface area contributed by atoms with Crippen molar-refractivity contribution in [3.8, 4) is 0 Å². The van der Waals surface area contributed by atoms with E-state index in [0.29, 0.717) is 24.1 Å². The highest BCUT2D eigenvalue weighted by atomic mass is 16.3. The number of anilines is 3. The van der Waals surface area contributed by atoms with E-state index in [1.807, 2.05) is 72.8 Å². The second-order valence-electron chi connectivity index (χ2n) is 9.45. The Kier molecular flexibility index (Phi) is 7.42. The van der Waals surface area contributed by atoms with E-state index in [9.17, 15) is 14.7 Å². The van der Waals surface area contributed by atoms with Crippen LogP contribution in [0.25, 0.3) is 0 Å². The molecule has 7 nitrogen and oxygen atoms in total. The Balaban J connectivity index is 1.13. The summed E-state index contributed by atoms with van der Waals surface area (Å²) in [6, 6.07) is 25.1. The largest absolute Gasteiger partial charge is 0.393 e. The van der Waals surface area contributed by atoms with Crippen LogP contribution < -0.4 is 10.2 Å². The number of rotatable bonds is 9. The molecule has 0 bridgehead atoms. The number of piperidine rings is 1. The van der Waals surface area contributed by atoms with E-state index in [0.717, 1.165) is 54.1 Å². The molecule has 1 fully saturated rings. The van der Waals surface area contributed by atoms with Gasteiger partial charge < -0.3 is 15.3 Å². The van der Waals surface area contributed by atoms with Gasteiger partial charge in [0.1, 0.15) is 5.69 Å². The summed E-state index contributed by atoms with van der Waals surface area (Å²) in [6.45, 7) is 1.68. The van der Waals surface area contributed by atoms with Crippen molar-refractivity contribution in [1.29, 1.82) is 0 Å². The number of hydrogen-bond donors (Lipinski definition) is 3. The van der Waals surface area contributed by atoms with Gasteiger partial charge in [-0.3, -0.25) is 14.7 Å². The van der Waals surface area contributed by atoms with Crippen LogP contribution in [0.3, 0.4) is 0 Å². The van der Waals surface area contributed by atoms with Crippen LogP contribution in [-0.2, 0) is 12.8 Å². The minimum Gasteiger partial charge on any atom is -0.393 e. The van der Waals surface area contributed by atoms with Gasteiger partial charge in [-0.2, -0.15) is 5.10 Å². The summed E-state index contributed by atoms with van der Waals surface area (Å²) in [4.78, 5) is 27.3. The quantitative estimate of drug-likeness (QED) is 0.284. The molecule has 0 saturated carbocycles. The highest BCUT2D eigenvalue weighted by Crippen LogP contribution is 2.22. The summed E-state index contributed by atoms with van der Waals surface area (Å²) in [5.41, 5.74) is 6.04. The van der Waals surface area contributed by atoms with E-state index in [1.54, 1.807) is 12.3 Å². The van der Waals surface area contributed by atoms with Crippen LogP contribution in [0.1, 0.15) is 44.8 Å². The first-order chi connectivity index (χ1) is 18.0. The van der Waals surface area contributed by atoms with E-state index in [1.165, 1.54) is 0 Å². The molecule has 7 heteroatoms. The predicted molar refractivity (Wildman–Crippen MR) is 145 cm³/mol. The third-order valence-electron chi connectivity index (χ3n) is 6.75. The molecule has 0 aliphatic carbocycles. The average Bonchev–Trinajstić information content (AvgIpc) is 3.47. The van der Waals surface area contributed by atoms with E-state index in [4.69, 9.17) is 0 Å². The van der Waals surface area contributed by atoms with E-state index in [-0.39, 0.29) is 17.7 Å². The van der Waals surface area contributed by atoms with Gasteiger partial charge in [0.25, 0.3) is 0 Å². The molecule has 188 valence electrons. The van der Waals surface area contributed by atoms with Crippen LogP contribution in [0.2, 0.25) is 0 Å². The van der Waals surface area contributed by atoms with Crippen molar-refractivity contribution in [3.63, 3.8) is 0 Å². The Morgan fingerprint density at radius 2 is 1.38 bits per heavy atom. The number of aromatic nitrogens is 2. The average molecular weight is 495 g/mol. The first-order valence-electron chi connectivity index (χ1n) is 12.6. The summed E-state index contributed by atoms with van der Waals surface area (Å²) in [7, 11) is 0. The zero-order valence-corrected chi connectivity index (χ0v) is 20.6. The normalized spacial score (nSPS) is 13.9. The van der Waals surface area contributed by atoms with Crippen LogP contribution >= 0.6 is 0 Å². The van der Waals surface area contributed by atoms with Crippen LogP contribution in [0.5, 0.6) is 0 Å². The lowest BCUT2D eigenvalue weighted by molar-refractivity contribution is 0.0982. The zero-order valence-electron chi connectivity index (χ0n) is 20.6. The predicted octanol–water partition coefficient (Wildman–Crippen LogP) is 4.97. The second kappa shape index (κ2) is 11.2. The summed E-state index contributed by atoms with van der Waals surface area (Å²) >= 11 is 0. The summed E-state index contributed by atoms with van der Waals surface area (Å²) in [6.07, 6.45) is 3.59. The number of benzene rings is 3. The topological polar surface area (TPSA) is 98.3 Å². The number of nitrogens with zero attached hydrogens (tertiary/aromatic N) is 2. The maximum absolute atomic E-state index is 12.8. The van der Waals surface area contributed by atoms with Gasteiger partial charge in [0.2, 0.25) is 0 Å². The third-order valence-corrected chi connectivity index (χ3v) is 6.75. The monoisotopic (exact) mass is 494 g/mol. The van der Waals surface area contributed by atoms with Gasteiger partial charge >= 0.3 is 0 Å². The Morgan fingerprint density at radius 1 is 0.811 bits per heavy atom. The fraction of sp³-hybridized carbons (Fsp3) is 0.233. The summed E-state index contributed by atoms with van der Waals surface area (Å²) in [5.74, 6) is 0.0867. The summed E-state index contributed by atoms with van der Waals surface area (Å²) in [5, 5.41) is 19.6. The van der Waals surface area contributed by atoms with Gasteiger partial charge in [-0.1, -0.05) is 24.3 Å². The Bertz CT molecular complexity index is 1320. The van der Waals surface area contributed by atoms with Crippen LogP contribution in [0, 0.1) is 0 Å². The lowest BCUT2D eigenvalue weighted by Gasteiger charge is -2.31. The van der Waals surface area contributed by atoms with Crippen molar-refractivity contribution in [2.45, 2.75) is 31.8 Å². The number of carbonyl (C=O) groups excluding carboxylic acids is 2. The van der Waals surface area contributed by atoms with Crippen LogP contribution in [0.4, 0.5) is 17.1 Å². The second-order valence-corrected chi connectivity index (χ2v) is 9.45. The van der Waals surface area contributed by atoms with Crippen molar-refractivity contribution in [2.75, 3.05) is 23.3 Å². The molecule has 0 amide bonds. The van der Waals surface area contributed by atoms with Gasteiger partial charge in [-0.25, -0.2) is 0 Å². The number of nitrogens with one attached hydrogen (secondary N) is 2. The molecule has 0 radical (unpaired) electrons. The Hall–Kier alpha value is -4.23. The van der Waals surface area contributed by atoms with Crippen molar-refractivity contribution < 1.29 is 14.7 Å². The molecule has 0 spiro atoms. The van der Waals surface area contributed by atoms with Crippen molar-refractivity contribution >= 4 is 28.6 Å². The van der Waals surface area contributed by atoms with Gasteiger partial charge in [-0.15, -0.1) is 0 Å². The van der Waals surface area contributed by atoms with Crippen LogP contribution in [0.15, 0.2) is 85.1 Å². The first-order valence-corrected chi connectivity index (χ1v) is 12.6. The Morgan fingerprint density at radius 3 is 1.92 bits per heavy atom. The van der Waals surface area contributed by atoms with E-state index >= 15 is 0 Å². The minimum absolute atomic E-state index is 0.00188. The number of carbonyl (C=O) groups is 2. The molecule has 1 aromatic heterocycles. The number of aliphatic hydroxyl groups excluding tert-OH is 1. The number of H-pyrrole nitrogens is 1. The minimum atomic E-state index is -0.199. The van der Waals surface area contributed by atoms with Gasteiger partial charge in [0.15, 0.2) is 11.6 Å². The molecule has 0 atom stereocenters. The molecule has 2 heterocycles. The molecule has 1 aliphatic rings. The number of aromatic amines is 1. The van der Waals surface area contributed by atoms with Crippen molar-refractivity contribution in [2.24, 2.45) is 0 Å². The lowest BCUT2D eigenvalue weighted by Crippen LogP contribution is -2.35. The number of aliphatic hydroxyl groups is 1.